The van der Waals surface area contributed by atoms with Crippen LogP contribution in [-0.2, 0) is 6.54 Å². The van der Waals surface area contributed by atoms with Gasteiger partial charge in [-0.15, -0.1) is 0 Å². The second kappa shape index (κ2) is 10.8. The lowest BCUT2D eigenvalue weighted by Crippen LogP contribution is -2.34. The molecule has 1 aliphatic rings. The smallest absolute Gasteiger partial charge is 0.118 e. The third kappa shape index (κ3) is 5.96. The van der Waals surface area contributed by atoms with Crippen LogP contribution < -0.4 is 15.0 Å². The number of likely N-dealkylation sites (tertiary alicyclic amines) is 1. The minimum Gasteiger partial charge on any atom is -0.497 e. The minimum absolute atomic E-state index is 0.389. The molecule has 154 valence electrons. The molecule has 1 N–H and O–H groups in total. The van der Waals surface area contributed by atoms with Gasteiger partial charge in [0.1, 0.15) is 5.75 Å². The minimum atomic E-state index is 0.389. The van der Waals surface area contributed by atoms with Crippen LogP contribution in [0.25, 0.3) is 0 Å². The van der Waals surface area contributed by atoms with E-state index in [-0.39, 0.29) is 0 Å². The molecule has 1 fully saturated rings. The van der Waals surface area contributed by atoms with E-state index in [0.717, 1.165) is 31.1 Å². The summed E-state index contributed by atoms with van der Waals surface area (Å²) in [5.74, 6) is 0.904. The van der Waals surface area contributed by atoms with Crippen LogP contribution >= 0.6 is 0 Å². The predicted molar refractivity (Wildman–Crippen MR) is 118 cm³/mol. The summed E-state index contributed by atoms with van der Waals surface area (Å²) in [6.07, 6.45) is 3.12. The molecule has 5 nitrogen and oxygen atoms in total. The summed E-state index contributed by atoms with van der Waals surface area (Å²) in [6.45, 7) is 4.87. The van der Waals surface area contributed by atoms with E-state index in [4.69, 9.17) is 10.00 Å². The SMILES string of the molecule is COc1ccc(C(CNCc2ccc(N(C)CCC#N)cc2)N2CCCC2)cc1. The van der Waals surface area contributed by atoms with Crippen LogP contribution in [0, 0.1) is 11.3 Å². The molecular formula is C24H32N4O. The number of ether oxygens (including phenoxy) is 1. The van der Waals surface area contributed by atoms with Crippen molar-refractivity contribution in [3.8, 4) is 11.8 Å². The quantitative estimate of drug-likeness (QED) is 0.663. The lowest BCUT2D eigenvalue weighted by atomic mass is 10.0. The maximum Gasteiger partial charge on any atom is 0.118 e. The Morgan fingerprint density at radius 1 is 1.10 bits per heavy atom. The summed E-state index contributed by atoms with van der Waals surface area (Å²) in [4.78, 5) is 4.70. The molecule has 0 saturated carbocycles. The highest BCUT2D eigenvalue weighted by atomic mass is 16.5. The summed E-state index contributed by atoms with van der Waals surface area (Å²) in [6, 6.07) is 19.7. The topological polar surface area (TPSA) is 51.5 Å². The summed E-state index contributed by atoms with van der Waals surface area (Å²) in [7, 11) is 3.74. The molecule has 2 aromatic carbocycles. The fourth-order valence-electron chi connectivity index (χ4n) is 3.91. The van der Waals surface area contributed by atoms with Crippen molar-refractivity contribution in [3.63, 3.8) is 0 Å². The number of hydrogen-bond donors (Lipinski definition) is 1. The molecule has 5 heteroatoms. The lowest BCUT2D eigenvalue weighted by molar-refractivity contribution is 0.238. The highest BCUT2D eigenvalue weighted by Crippen LogP contribution is 2.26. The second-order valence-electron chi connectivity index (χ2n) is 7.66. The number of anilines is 1. The molecule has 1 unspecified atom stereocenters. The van der Waals surface area contributed by atoms with Gasteiger partial charge < -0.3 is 15.0 Å². The molecule has 3 rings (SSSR count). The maximum absolute atomic E-state index is 8.74. The van der Waals surface area contributed by atoms with Gasteiger partial charge in [0.05, 0.1) is 19.6 Å². The first-order chi connectivity index (χ1) is 14.2. The predicted octanol–water partition coefficient (Wildman–Crippen LogP) is 3.97. The number of nitrogens with zero attached hydrogens (tertiary/aromatic N) is 3. The molecule has 1 aliphatic heterocycles. The van der Waals surface area contributed by atoms with Gasteiger partial charge in [0.2, 0.25) is 0 Å². The fraction of sp³-hybridized carbons (Fsp3) is 0.458. The van der Waals surface area contributed by atoms with E-state index >= 15 is 0 Å². The van der Waals surface area contributed by atoms with E-state index in [1.165, 1.54) is 37.1 Å². The summed E-state index contributed by atoms with van der Waals surface area (Å²) in [5, 5.41) is 12.4. The fourth-order valence-corrected chi connectivity index (χ4v) is 3.91. The summed E-state index contributed by atoms with van der Waals surface area (Å²) < 4.78 is 5.31. The first-order valence-corrected chi connectivity index (χ1v) is 10.5. The highest BCUT2D eigenvalue weighted by molar-refractivity contribution is 5.46. The second-order valence-corrected chi connectivity index (χ2v) is 7.66. The largest absolute Gasteiger partial charge is 0.497 e. The van der Waals surface area contributed by atoms with Gasteiger partial charge in [-0.3, -0.25) is 4.90 Å². The number of benzene rings is 2. The van der Waals surface area contributed by atoms with Gasteiger partial charge in [0.25, 0.3) is 0 Å². The van der Waals surface area contributed by atoms with Crippen molar-refractivity contribution in [1.82, 2.24) is 10.2 Å². The normalized spacial score (nSPS) is 15.1. The van der Waals surface area contributed by atoms with Crippen molar-refractivity contribution in [2.24, 2.45) is 0 Å². The number of nitriles is 1. The third-order valence-corrected chi connectivity index (χ3v) is 5.68. The Balaban J connectivity index is 1.57. The molecule has 2 aromatic rings. The standard InChI is InChI=1S/C24H32N4O/c1-27(15-5-14-25)22-10-6-20(7-11-22)18-26-19-24(28-16-3-4-17-28)21-8-12-23(29-2)13-9-21/h6-13,24,26H,3-5,15-19H2,1-2H3. The van der Waals surface area contributed by atoms with Crippen molar-refractivity contribution in [2.75, 3.05) is 45.2 Å². The zero-order valence-corrected chi connectivity index (χ0v) is 17.6. The number of methoxy groups -OCH3 is 1. The third-order valence-electron chi connectivity index (χ3n) is 5.68. The first kappa shape index (κ1) is 21.2. The van der Waals surface area contributed by atoms with Crippen molar-refractivity contribution in [2.45, 2.75) is 31.8 Å². The monoisotopic (exact) mass is 392 g/mol. The van der Waals surface area contributed by atoms with Gasteiger partial charge in [-0.25, -0.2) is 0 Å². The van der Waals surface area contributed by atoms with Crippen LogP contribution in [0.4, 0.5) is 5.69 Å². The molecular weight excluding hydrogens is 360 g/mol. The Labute approximate surface area is 174 Å². The Bertz CT molecular complexity index is 776. The van der Waals surface area contributed by atoms with Crippen LogP contribution in [0.3, 0.4) is 0 Å². The number of hydrogen-bond acceptors (Lipinski definition) is 5. The molecule has 0 spiro atoms. The molecule has 0 amide bonds. The van der Waals surface area contributed by atoms with E-state index in [1.807, 2.05) is 7.05 Å². The molecule has 0 aliphatic carbocycles. The molecule has 29 heavy (non-hydrogen) atoms. The average Bonchev–Trinajstić information content (AvgIpc) is 3.30. The molecule has 0 aromatic heterocycles. The lowest BCUT2D eigenvalue weighted by Gasteiger charge is -2.28. The first-order valence-electron chi connectivity index (χ1n) is 10.5. The van der Waals surface area contributed by atoms with Crippen LogP contribution in [0.2, 0.25) is 0 Å². The van der Waals surface area contributed by atoms with Gasteiger partial charge in [-0.05, 0) is 61.3 Å². The van der Waals surface area contributed by atoms with Crippen LogP contribution in [0.15, 0.2) is 48.5 Å². The molecule has 1 saturated heterocycles. The average molecular weight is 393 g/mol. The van der Waals surface area contributed by atoms with Gasteiger partial charge in [0, 0.05) is 38.4 Å². The van der Waals surface area contributed by atoms with Crippen molar-refractivity contribution < 1.29 is 4.74 Å². The Hall–Kier alpha value is -2.55. The van der Waals surface area contributed by atoms with Crippen LogP contribution in [0.1, 0.15) is 36.4 Å². The van der Waals surface area contributed by atoms with Crippen LogP contribution in [0.5, 0.6) is 5.75 Å². The van der Waals surface area contributed by atoms with Crippen LogP contribution in [-0.4, -0.2) is 45.2 Å². The van der Waals surface area contributed by atoms with Crippen molar-refractivity contribution in [1.29, 1.82) is 5.26 Å². The molecule has 0 bridgehead atoms. The van der Waals surface area contributed by atoms with Gasteiger partial charge in [-0.1, -0.05) is 24.3 Å². The van der Waals surface area contributed by atoms with E-state index in [1.54, 1.807) is 7.11 Å². The van der Waals surface area contributed by atoms with Crippen molar-refractivity contribution in [3.05, 3.63) is 59.7 Å². The zero-order valence-electron chi connectivity index (χ0n) is 17.6. The Morgan fingerprint density at radius 3 is 2.41 bits per heavy atom. The number of rotatable bonds is 10. The highest BCUT2D eigenvalue weighted by Gasteiger charge is 2.23. The van der Waals surface area contributed by atoms with Gasteiger partial charge in [0.15, 0.2) is 0 Å². The summed E-state index contributed by atoms with van der Waals surface area (Å²) >= 11 is 0. The Kier molecular flexibility index (Phi) is 7.92. The van der Waals surface area contributed by atoms with E-state index in [0.29, 0.717) is 12.5 Å². The van der Waals surface area contributed by atoms with Gasteiger partial charge in [-0.2, -0.15) is 5.26 Å². The van der Waals surface area contributed by atoms with Gasteiger partial charge >= 0.3 is 0 Å². The Morgan fingerprint density at radius 2 is 1.79 bits per heavy atom. The zero-order chi connectivity index (χ0) is 20.5. The van der Waals surface area contributed by atoms with E-state index < -0.39 is 0 Å². The molecule has 1 heterocycles. The van der Waals surface area contributed by atoms with E-state index in [9.17, 15) is 0 Å². The number of nitrogens with one attached hydrogen (secondary N) is 1. The molecule has 0 radical (unpaired) electrons. The van der Waals surface area contributed by atoms with Crippen molar-refractivity contribution >= 4 is 5.69 Å². The molecule has 1 atom stereocenters. The van der Waals surface area contributed by atoms with E-state index in [2.05, 4.69) is 69.7 Å². The maximum atomic E-state index is 8.74. The summed E-state index contributed by atoms with van der Waals surface area (Å²) in [5.41, 5.74) is 3.77.